The van der Waals surface area contributed by atoms with Crippen molar-refractivity contribution in [2.24, 2.45) is 0 Å². The molecule has 1 aliphatic heterocycles. The van der Waals surface area contributed by atoms with Crippen molar-refractivity contribution in [3.05, 3.63) is 28.8 Å². The summed E-state index contributed by atoms with van der Waals surface area (Å²) in [5.41, 5.74) is 2.62. The van der Waals surface area contributed by atoms with Crippen LogP contribution in [0, 0.1) is 6.92 Å². The molecule has 0 atom stereocenters. The van der Waals surface area contributed by atoms with Crippen molar-refractivity contribution < 1.29 is 0 Å². The van der Waals surface area contributed by atoms with Crippen molar-refractivity contribution in [1.29, 1.82) is 0 Å². The van der Waals surface area contributed by atoms with Crippen LogP contribution in [0.2, 0.25) is 5.02 Å². The topological polar surface area (TPSA) is 15.3 Å². The van der Waals surface area contributed by atoms with Gasteiger partial charge in [0.1, 0.15) is 0 Å². The summed E-state index contributed by atoms with van der Waals surface area (Å²) < 4.78 is 0. The fraction of sp³-hybridized carbons (Fsp3) is 0.600. The van der Waals surface area contributed by atoms with E-state index in [0.29, 0.717) is 6.04 Å². The van der Waals surface area contributed by atoms with Crippen LogP contribution in [0.25, 0.3) is 0 Å². The number of nitrogens with zero attached hydrogens (tertiary/aromatic N) is 1. The number of rotatable bonds is 4. The van der Waals surface area contributed by atoms with Crippen molar-refractivity contribution in [2.75, 3.05) is 24.5 Å². The second-order valence-corrected chi connectivity index (χ2v) is 5.58. The molecular formula is C15H23ClN2. The largest absolute Gasteiger partial charge is 0.371 e. The Hall–Kier alpha value is -0.730. The van der Waals surface area contributed by atoms with Gasteiger partial charge in [-0.25, -0.2) is 0 Å². The number of piperidine rings is 1. The van der Waals surface area contributed by atoms with E-state index in [2.05, 4.69) is 36.2 Å². The minimum absolute atomic E-state index is 0.703. The van der Waals surface area contributed by atoms with Crippen LogP contribution < -0.4 is 10.2 Å². The molecule has 0 unspecified atom stereocenters. The molecule has 1 fully saturated rings. The van der Waals surface area contributed by atoms with Gasteiger partial charge in [-0.05, 0) is 56.5 Å². The first kappa shape index (κ1) is 13.7. The molecule has 0 radical (unpaired) electrons. The summed E-state index contributed by atoms with van der Waals surface area (Å²) in [5.74, 6) is 0. The van der Waals surface area contributed by atoms with Gasteiger partial charge in [0.05, 0.1) is 0 Å². The second-order valence-electron chi connectivity index (χ2n) is 5.15. The molecule has 0 aliphatic carbocycles. The van der Waals surface area contributed by atoms with Gasteiger partial charge in [0.25, 0.3) is 0 Å². The zero-order valence-electron chi connectivity index (χ0n) is 11.4. The van der Waals surface area contributed by atoms with E-state index >= 15 is 0 Å². The number of anilines is 1. The van der Waals surface area contributed by atoms with Crippen LogP contribution in [0.4, 0.5) is 5.69 Å². The van der Waals surface area contributed by atoms with Crippen LogP contribution in [-0.4, -0.2) is 25.7 Å². The number of benzene rings is 1. The Labute approximate surface area is 115 Å². The van der Waals surface area contributed by atoms with Crippen molar-refractivity contribution in [2.45, 2.75) is 39.2 Å². The molecule has 2 nitrogen and oxygen atoms in total. The lowest BCUT2D eigenvalue weighted by molar-refractivity contribution is 0.415. The highest BCUT2D eigenvalue weighted by molar-refractivity contribution is 6.30. The molecule has 0 amide bonds. The lowest BCUT2D eigenvalue weighted by Crippen LogP contribution is -2.43. The molecule has 1 aromatic rings. The Morgan fingerprint density at radius 3 is 2.67 bits per heavy atom. The van der Waals surface area contributed by atoms with Crippen LogP contribution in [-0.2, 0) is 0 Å². The first-order valence-corrected chi connectivity index (χ1v) is 7.33. The van der Waals surface area contributed by atoms with E-state index < -0.39 is 0 Å². The third-order valence-corrected chi connectivity index (χ3v) is 3.91. The molecule has 2 rings (SSSR count). The van der Waals surface area contributed by atoms with E-state index in [-0.39, 0.29) is 0 Å². The lowest BCUT2D eigenvalue weighted by Gasteiger charge is -2.35. The van der Waals surface area contributed by atoms with E-state index in [1.54, 1.807) is 0 Å². The Morgan fingerprint density at radius 1 is 1.33 bits per heavy atom. The summed E-state index contributed by atoms with van der Waals surface area (Å²) in [6, 6.07) is 6.90. The summed E-state index contributed by atoms with van der Waals surface area (Å²) in [4.78, 5) is 2.48. The molecule has 1 aromatic carbocycles. The molecule has 1 aliphatic rings. The van der Waals surface area contributed by atoms with Crippen LogP contribution in [0.15, 0.2) is 18.2 Å². The Bertz CT molecular complexity index is 384. The third-order valence-electron chi connectivity index (χ3n) is 3.68. The smallest absolute Gasteiger partial charge is 0.0410 e. The van der Waals surface area contributed by atoms with Crippen LogP contribution in [0.1, 0.15) is 31.7 Å². The van der Waals surface area contributed by atoms with Gasteiger partial charge in [0.2, 0.25) is 0 Å². The van der Waals surface area contributed by atoms with Gasteiger partial charge >= 0.3 is 0 Å². The van der Waals surface area contributed by atoms with Crippen molar-refractivity contribution in [1.82, 2.24) is 5.32 Å². The first-order valence-electron chi connectivity index (χ1n) is 6.95. The van der Waals surface area contributed by atoms with E-state index in [4.69, 9.17) is 11.6 Å². The molecule has 1 heterocycles. The number of hydrogen-bond acceptors (Lipinski definition) is 2. The van der Waals surface area contributed by atoms with E-state index in [1.165, 1.54) is 30.5 Å². The minimum Gasteiger partial charge on any atom is -0.371 e. The molecule has 0 saturated carbocycles. The number of halogens is 1. The highest BCUT2D eigenvalue weighted by atomic mass is 35.5. The van der Waals surface area contributed by atoms with Gasteiger partial charge in [-0.15, -0.1) is 0 Å². The highest BCUT2D eigenvalue weighted by Gasteiger charge is 2.19. The zero-order valence-corrected chi connectivity index (χ0v) is 12.1. The van der Waals surface area contributed by atoms with Gasteiger partial charge in [-0.3, -0.25) is 0 Å². The summed E-state index contributed by atoms with van der Waals surface area (Å²) in [6.07, 6.45) is 3.70. The van der Waals surface area contributed by atoms with E-state index in [0.717, 1.165) is 24.7 Å². The van der Waals surface area contributed by atoms with Crippen LogP contribution in [0.3, 0.4) is 0 Å². The fourth-order valence-corrected chi connectivity index (χ4v) is 2.87. The Morgan fingerprint density at radius 2 is 2.06 bits per heavy atom. The number of aryl methyl sites for hydroxylation is 1. The van der Waals surface area contributed by atoms with E-state index in [1.807, 2.05) is 6.07 Å². The minimum atomic E-state index is 0.703. The zero-order chi connectivity index (χ0) is 13.0. The van der Waals surface area contributed by atoms with Gasteiger partial charge < -0.3 is 10.2 Å². The van der Waals surface area contributed by atoms with Gasteiger partial charge in [-0.1, -0.05) is 18.5 Å². The summed E-state index contributed by atoms with van der Waals surface area (Å²) >= 11 is 6.01. The maximum atomic E-state index is 6.01. The molecule has 0 spiro atoms. The predicted molar refractivity (Wildman–Crippen MR) is 79.7 cm³/mol. The first-order chi connectivity index (χ1) is 8.70. The summed E-state index contributed by atoms with van der Waals surface area (Å²) in [7, 11) is 0. The van der Waals surface area contributed by atoms with Gasteiger partial charge in [-0.2, -0.15) is 0 Å². The summed E-state index contributed by atoms with van der Waals surface area (Å²) in [5, 5.41) is 4.45. The fourth-order valence-electron chi connectivity index (χ4n) is 2.65. The van der Waals surface area contributed by atoms with Crippen molar-refractivity contribution in [3.63, 3.8) is 0 Å². The van der Waals surface area contributed by atoms with Gasteiger partial charge in [0.15, 0.2) is 0 Å². The molecule has 0 bridgehead atoms. The van der Waals surface area contributed by atoms with Crippen LogP contribution in [0.5, 0.6) is 0 Å². The summed E-state index contributed by atoms with van der Waals surface area (Å²) in [6.45, 7) is 7.79. The monoisotopic (exact) mass is 266 g/mol. The Balaban J connectivity index is 1.93. The molecule has 1 saturated heterocycles. The van der Waals surface area contributed by atoms with Crippen molar-refractivity contribution >= 4 is 17.3 Å². The molecule has 3 heteroatoms. The average Bonchev–Trinajstić information content (AvgIpc) is 2.37. The van der Waals surface area contributed by atoms with Crippen LogP contribution >= 0.6 is 11.6 Å². The average molecular weight is 267 g/mol. The van der Waals surface area contributed by atoms with Crippen molar-refractivity contribution in [3.8, 4) is 0 Å². The second kappa shape index (κ2) is 6.44. The Kier molecular flexibility index (Phi) is 4.90. The van der Waals surface area contributed by atoms with E-state index in [9.17, 15) is 0 Å². The number of nitrogens with one attached hydrogen (secondary N) is 1. The molecule has 0 aromatic heterocycles. The molecule has 1 N–H and O–H groups in total. The highest BCUT2D eigenvalue weighted by Crippen LogP contribution is 2.26. The maximum absolute atomic E-state index is 6.01. The van der Waals surface area contributed by atoms with Gasteiger partial charge in [0, 0.05) is 29.8 Å². The predicted octanol–water partition coefficient (Wildman–Crippen LogP) is 3.62. The maximum Gasteiger partial charge on any atom is 0.0410 e. The molecule has 100 valence electrons. The SMILES string of the molecule is CCCNC1CCN(c2ccc(Cl)cc2C)CC1. The molecule has 18 heavy (non-hydrogen) atoms. The standard InChI is InChI=1S/C15H23ClN2/c1-3-8-17-14-6-9-18(10-7-14)15-5-4-13(16)11-12(15)2/h4-5,11,14,17H,3,6-10H2,1-2H3. The quantitative estimate of drug-likeness (QED) is 0.896. The molecular weight excluding hydrogens is 244 g/mol. The lowest BCUT2D eigenvalue weighted by atomic mass is 10.0. The number of hydrogen-bond donors (Lipinski definition) is 1. The third kappa shape index (κ3) is 3.39. The normalized spacial score (nSPS) is 17.2.